The Bertz CT molecular complexity index is 1150. The largest absolute Gasteiger partial charge is 0.351 e. The van der Waals surface area contributed by atoms with Crippen molar-refractivity contribution in [3.8, 4) is 5.69 Å². The number of halogens is 2. The highest BCUT2D eigenvalue weighted by atomic mass is 35.5. The minimum absolute atomic E-state index is 0.0169. The minimum atomic E-state index is -0.336. The van der Waals surface area contributed by atoms with Crippen LogP contribution >= 0.6 is 11.6 Å². The van der Waals surface area contributed by atoms with Crippen LogP contribution in [0.2, 0.25) is 5.02 Å². The Kier molecular flexibility index (Phi) is 4.88. The van der Waals surface area contributed by atoms with Gasteiger partial charge < -0.3 is 10.3 Å². The molecule has 2 aromatic carbocycles. The Morgan fingerprint density at radius 2 is 2.11 bits per heavy atom. The van der Waals surface area contributed by atoms with Gasteiger partial charge in [-0.05, 0) is 42.0 Å². The van der Waals surface area contributed by atoms with Crippen molar-refractivity contribution in [2.45, 2.75) is 12.8 Å². The summed E-state index contributed by atoms with van der Waals surface area (Å²) >= 11 is 5.99. The molecule has 1 atom stereocenters. The number of hydrogen-bond donors (Lipinski definition) is 2. The van der Waals surface area contributed by atoms with Crippen LogP contribution in [0.4, 0.5) is 4.39 Å². The van der Waals surface area contributed by atoms with Gasteiger partial charge >= 0.3 is 0 Å². The Morgan fingerprint density at radius 1 is 1.29 bits per heavy atom. The summed E-state index contributed by atoms with van der Waals surface area (Å²) in [5.74, 6) is -0.513. The van der Waals surface area contributed by atoms with Gasteiger partial charge in [-0.3, -0.25) is 4.79 Å². The maximum atomic E-state index is 13.9. The smallest absolute Gasteiger partial charge is 0.267 e. The van der Waals surface area contributed by atoms with Crippen molar-refractivity contribution in [2.24, 2.45) is 0 Å². The molecule has 28 heavy (non-hydrogen) atoms. The molecule has 0 saturated carbocycles. The van der Waals surface area contributed by atoms with Crippen LogP contribution in [0.1, 0.15) is 28.9 Å². The van der Waals surface area contributed by atoms with E-state index in [2.05, 4.69) is 15.4 Å². The summed E-state index contributed by atoms with van der Waals surface area (Å²) < 4.78 is 15.4. The van der Waals surface area contributed by atoms with Crippen LogP contribution in [0.5, 0.6) is 0 Å². The SMILES string of the molecule is CC(CNC(=O)c1cc2cc(Cl)ccc2[nH]1)c1cnn(-c2ccccc2F)c1. The molecule has 2 N–H and O–H groups in total. The lowest BCUT2D eigenvalue weighted by atomic mass is 10.1. The van der Waals surface area contributed by atoms with Gasteiger partial charge in [-0.2, -0.15) is 5.10 Å². The summed E-state index contributed by atoms with van der Waals surface area (Å²) in [6.45, 7) is 2.41. The van der Waals surface area contributed by atoms with Crippen LogP contribution in [0.3, 0.4) is 0 Å². The molecule has 1 unspecified atom stereocenters. The van der Waals surface area contributed by atoms with Gasteiger partial charge in [0.25, 0.3) is 5.91 Å². The van der Waals surface area contributed by atoms with E-state index in [0.717, 1.165) is 16.5 Å². The topological polar surface area (TPSA) is 62.7 Å². The van der Waals surface area contributed by atoms with Gasteiger partial charge in [0, 0.05) is 34.6 Å². The molecule has 0 spiro atoms. The zero-order chi connectivity index (χ0) is 19.7. The summed E-state index contributed by atoms with van der Waals surface area (Å²) in [5, 5.41) is 8.66. The van der Waals surface area contributed by atoms with E-state index in [9.17, 15) is 9.18 Å². The van der Waals surface area contributed by atoms with Crippen molar-refractivity contribution >= 4 is 28.4 Å². The number of aromatic nitrogens is 3. The van der Waals surface area contributed by atoms with E-state index in [0.29, 0.717) is 22.9 Å². The number of para-hydroxylation sites is 1. The van der Waals surface area contributed by atoms with E-state index < -0.39 is 0 Å². The predicted molar refractivity (Wildman–Crippen MR) is 108 cm³/mol. The highest BCUT2D eigenvalue weighted by molar-refractivity contribution is 6.31. The zero-order valence-corrected chi connectivity index (χ0v) is 15.9. The molecule has 7 heteroatoms. The molecule has 0 saturated heterocycles. The lowest BCUT2D eigenvalue weighted by Crippen LogP contribution is -2.27. The zero-order valence-electron chi connectivity index (χ0n) is 15.1. The normalized spacial score (nSPS) is 12.2. The number of rotatable bonds is 5. The first-order valence-electron chi connectivity index (χ1n) is 8.87. The van der Waals surface area contributed by atoms with Gasteiger partial charge in [-0.15, -0.1) is 0 Å². The first-order valence-corrected chi connectivity index (χ1v) is 9.25. The lowest BCUT2D eigenvalue weighted by Gasteiger charge is -2.10. The van der Waals surface area contributed by atoms with Crippen molar-refractivity contribution in [1.82, 2.24) is 20.1 Å². The van der Waals surface area contributed by atoms with Gasteiger partial charge in [0.05, 0.1) is 6.20 Å². The van der Waals surface area contributed by atoms with Gasteiger partial charge in [0.1, 0.15) is 17.2 Å². The van der Waals surface area contributed by atoms with Crippen LogP contribution in [0, 0.1) is 5.82 Å². The van der Waals surface area contributed by atoms with Gasteiger partial charge in [-0.1, -0.05) is 30.7 Å². The fourth-order valence-electron chi connectivity index (χ4n) is 3.05. The van der Waals surface area contributed by atoms with E-state index >= 15 is 0 Å². The summed E-state index contributed by atoms with van der Waals surface area (Å²) in [4.78, 5) is 15.5. The molecule has 1 amide bonds. The molecule has 0 aliphatic heterocycles. The van der Waals surface area contributed by atoms with Crippen molar-refractivity contribution in [3.05, 3.63) is 83.0 Å². The molecular weight excluding hydrogens is 379 g/mol. The molecule has 0 bridgehead atoms. The maximum absolute atomic E-state index is 13.9. The number of amides is 1. The number of aromatic amines is 1. The van der Waals surface area contributed by atoms with E-state index in [1.54, 1.807) is 42.7 Å². The molecule has 5 nitrogen and oxygen atoms in total. The monoisotopic (exact) mass is 396 g/mol. The second kappa shape index (κ2) is 7.48. The third kappa shape index (κ3) is 3.64. The van der Waals surface area contributed by atoms with E-state index in [1.807, 2.05) is 19.1 Å². The number of nitrogens with one attached hydrogen (secondary N) is 2. The summed E-state index contributed by atoms with van der Waals surface area (Å²) in [7, 11) is 0. The average molecular weight is 397 g/mol. The summed E-state index contributed by atoms with van der Waals surface area (Å²) in [6.07, 6.45) is 3.47. The molecule has 0 aliphatic rings. The second-order valence-corrected chi connectivity index (χ2v) is 7.13. The minimum Gasteiger partial charge on any atom is -0.351 e. The Labute approximate surface area is 166 Å². The molecule has 0 radical (unpaired) electrons. The molecule has 4 rings (SSSR count). The van der Waals surface area contributed by atoms with E-state index in [-0.39, 0.29) is 17.6 Å². The highest BCUT2D eigenvalue weighted by Gasteiger charge is 2.14. The fraction of sp³-hybridized carbons (Fsp3) is 0.143. The van der Waals surface area contributed by atoms with Crippen molar-refractivity contribution in [3.63, 3.8) is 0 Å². The average Bonchev–Trinajstić information content (AvgIpc) is 3.33. The Balaban J connectivity index is 1.43. The van der Waals surface area contributed by atoms with E-state index in [1.165, 1.54) is 10.7 Å². The molecule has 0 fully saturated rings. The quantitative estimate of drug-likeness (QED) is 0.514. The highest BCUT2D eigenvalue weighted by Crippen LogP contribution is 2.21. The van der Waals surface area contributed by atoms with Crippen LogP contribution in [-0.4, -0.2) is 27.2 Å². The van der Waals surface area contributed by atoms with Gasteiger partial charge in [-0.25, -0.2) is 9.07 Å². The maximum Gasteiger partial charge on any atom is 0.267 e. The molecule has 2 heterocycles. The van der Waals surface area contributed by atoms with Crippen LogP contribution in [0.15, 0.2) is 60.9 Å². The van der Waals surface area contributed by atoms with Crippen molar-refractivity contribution < 1.29 is 9.18 Å². The molecule has 4 aromatic rings. The van der Waals surface area contributed by atoms with Crippen molar-refractivity contribution in [1.29, 1.82) is 0 Å². The third-order valence-electron chi connectivity index (χ3n) is 4.67. The van der Waals surface area contributed by atoms with Crippen molar-refractivity contribution in [2.75, 3.05) is 6.54 Å². The lowest BCUT2D eigenvalue weighted by molar-refractivity contribution is 0.0947. The Hall–Kier alpha value is -3.12. The standard InChI is InChI=1S/C21H18ClFN4O/c1-13(15-11-25-27(12-15)20-5-3-2-4-17(20)23)10-24-21(28)19-9-14-8-16(22)6-7-18(14)26-19/h2-9,11-13,26H,10H2,1H3,(H,24,28). The van der Waals surface area contributed by atoms with Gasteiger partial charge in [0.2, 0.25) is 0 Å². The fourth-order valence-corrected chi connectivity index (χ4v) is 3.23. The second-order valence-electron chi connectivity index (χ2n) is 6.70. The van der Waals surface area contributed by atoms with Crippen LogP contribution < -0.4 is 5.32 Å². The van der Waals surface area contributed by atoms with Gasteiger partial charge in [0.15, 0.2) is 0 Å². The number of nitrogens with zero attached hydrogens (tertiary/aromatic N) is 2. The predicted octanol–water partition coefficient (Wildman–Crippen LogP) is 4.68. The van der Waals surface area contributed by atoms with Crippen LogP contribution in [0.25, 0.3) is 16.6 Å². The summed E-state index contributed by atoms with van der Waals surface area (Å²) in [5.41, 5.74) is 2.63. The summed E-state index contributed by atoms with van der Waals surface area (Å²) in [6, 6.07) is 13.7. The van der Waals surface area contributed by atoms with Crippen LogP contribution in [-0.2, 0) is 0 Å². The molecule has 0 aliphatic carbocycles. The number of carbonyl (C=O) groups is 1. The molecule has 142 valence electrons. The first kappa shape index (κ1) is 18.3. The molecular formula is C21H18ClFN4O. The Morgan fingerprint density at radius 3 is 2.93 bits per heavy atom. The number of fused-ring (bicyclic) bond motifs is 1. The number of H-pyrrole nitrogens is 1. The number of carbonyl (C=O) groups excluding carboxylic acids is 1. The van der Waals surface area contributed by atoms with E-state index in [4.69, 9.17) is 11.6 Å². The first-order chi connectivity index (χ1) is 13.5. The number of hydrogen-bond acceptors (Lipinski definition) is 2. The third-order valence-corrected chi connectivity index (χ3v) is 4.90. The molecule has 2 aromatic heterocycles. The number of benzene rings is 2.